The van der Waals surface area contributed by atoms with Gasteiger partial charge in [-0.05, 0) is 0 Å². The van der Waals surface area contributed by atoms with Crippen LogP contribution in [0.3, 0.4) is 0 Å². The van der Waals surface area contributed by atoms with Crippen molar-refractivity contribution >= 4 is 23.5 Å². The number of halogens is 2. The average molecular weight is 460 g/mol. The molecule has 0 aromatic heterocycles. The van der Waals surface area contributed by atoms with Gasteiger partial charge in [0.2, 0.25) is 0 Å². The van der Waals surface area contributed by atoms with Crippen molar-refractivity contribution in [1.29, 1.82) is 0 Å². The molecular formula is C18H18F2O2S2Zr. The van der Waals surface area contributed by atoms with E-state index < -0.39 is 31.5 Å². The van der Waals surface area contributed by atoms with Crippen molar-refractivity contribution in [3.05, 3.63) is 66.0 Å². The molecule has 25 heavy (non-hydrogen) atoms. The molecule has 0 N–H and O–H groups in total. The standard InChI is InChI=1S/2C5H5.2C4H4FOS.Zr/c2*1-2-4-5-3-1;2*5-4(6)2-1-3-7-4;/h2*1-3H,4H2;2*1,3H,2H2;/q;;2*-1;+2. The van der Waals surface area contributed by atoms with E-state index in [1.165, 1.54) is 0 Å². The topological polar surface area (TPSA) is 18.5 Å². The Hall–Kier alpha value is -0.197. The van der Waals surface area contributed by atoms with E-state index in [1.54, 1.807) is 23.0 Å². The van der Waals surface area contributed by atoms with Crippen LogP contribution in [0.15, 0.2) is 66.0 Å². The Kier molecular flexibility index (Phi) is 5.15. The molecule has 2 heterocycles. The predicted octanol–water partition coefficient (Wildman–Crippen LogP) is 6.24. The summed E-state index contributed by atoms with van der Waals surface area (Å²) >= 11 is -2.44. The first-order chi connectivity index (χ1) is 12.0. The molecule has 7 heteroatoms. The fraction of sp³-hybridized carbons (Fsp3) is 0.333. The summed E-state index contributed by atoms with van der Waals surface area (Å²) < 4.78 is 44.9. The van der Waals surface area contributed by atoms with Crippen LogP contribution in [0.5, 0.6) is 0 Å². The van der Waals surface area contributed by atoms with Crippen molar-refractivity contribution in [2.45, 2.75) is 36.1 Å². The molecule has 0 saturated heterocycles. The molecule has 2 aliphatic heterocycles. The van der Waals surface area contributed by atoms with Crippen LogP contribution in [0.2, 0.25) is 0 Å². The first-order valence-electron chi connectivity index (χ1n) is 8.20. The second kappa shape index (κ2) is 7.08. The van der Waals surface area contributed by atoms with Crippen LogP contribution in [-0.2, 0) is 26.8 Å². The summed E-state index contributed by atoms with van der Waals surface area (Å²) in [6, 6.07) is 0. The average Bonchev–Trinajstić information content (AvgIpc) is 3.36. The van der Waals surface area contributed by atoms with Gasteiger partial charge in [0.05, 0.1) is 0 Å². The van der Waals surface area contributed by atoms with Gasteiger partial charge in [-0.25, -0.2) is 0 Å². The molecule has 0 fully saturated rings. The molecule has 0 bridgehead atoms. The summed E-state index contributed by atoms with van der Waals surface area (Å²) in [6.07, 6.45) is 16.8. The Balaban J connectivity index is 1.73. The SMILES string of the molecule is FC1([O][Zr]([O]C2(F)CC=CS2)([C]2=CC=CC2)[C]2=CC=CC2)CC=CS1. The monoisotopic (exact) mass is 458 g/mol. The number of allylic oxidation sites excluding steroid dienone is 8. The number of alkyl halides is 2. The van der Waals surface area contributed by atoms with Gasteiger partial charge in [-0.3, -0.25) is 0 Å². The molecule has 0 radical (unpaired) electrons. The molecule has 0 aromatic carbocycles. The van der Waals surface area contributed by atoms with E-state index in [0.29, 0.717) is 12.8 Å². The number of hydrogen-bond acceptors (Lipinski definition) is 4. The molecule has 2 unspecified atom stereocenters. The van der Waals surface area contributed by atoms with Gasteiger partial charge in [-0.2, -0.15) is 0 Å². The molecule has 0 amide bonds. The van der Waals surface area contributed by atoms with Gasteiger partial charge in [0, 0.05) is 0 Å². The van der Waals surface area contributed by atoms with E-state index in [-0.39, 0.29) is 12.8 Å². The van der Waals surface area contributed by atoms with Crippen molar-refractivity contribution in [3.8, 4) is 0 Å². The Morgan fingerprint density at radius 2 is 1.28 bits per heavy atom. The van der Waals surface area contributed by atoms with Gasteiger partial charge in [-0.1, -0.05) is 0 Å². The van der Waals surface area contributed by atoms with E-state index in [2.05, 4.69) is 0 Å². The van der Waals surface area contributed by atoms with Crippen molar-refractivity contribution in [2.24, 2.45) is 0 Å². The third-order valence-corrected chi connectivity index (χ3v) is 16.0. The molecular weight excluding hydrogens is 442 g/mol. The number of thioether (sulfide) groups is 2. The zero-order chi connectivity index (χ0) is 17.4. The second-order valence-corrected chi connectivity index (χ2v) is 15.6. The summed E-state index contributed by atoms with van der Waals surface area (Å²) in [7, 11) is 0. The Labute approximate surface area is 160 Å². The van der Waals surface area contributed by atoms with Gasteiger partial charge in [0.15, 0.2) is 0 Å². The van der Waals surface area contributed by atoms with Crippen LogP contribution >= 0.6 is 23.5 Å². The summed E-state index contributed by atoms with van der Waals surface area (Å²) in [4.78, 5) is 0. The Morgan fingerprint density at radius 3 is 1.60 bits per heavy atom. The van der Waals surface area contributed by atoms with Crippen LogP contribution in [-0.4, -0.2) is 10.4 Å². The van der Waals surface area contributed by atoms with Crippen molar-refractivity contribution in [3.63, 3.8) is 0 Å². The summed E-state index contributed by atoms with van der Waals surface area (Å²) in [5.41, 5.74) is 0. The Bertz CT molecular complexity index is 661. The van der Waals surface area contributed by atoms with Crippen LogP contribution in [0.1, 0.15) is 25.7 Å². The molecule has 0 spiro atoms. The van der Waals surface area contributed by atoms with E-state index in [1.807, 2.05) is 36.5 Å². The zero-order valence-electron chi connectivity index (χ0n) is 13.5. The van der Waals surface area contributed by atoms with Crippen LogP contribution in [0.25, 0.3) is 0 Å². The summed E-state index contributed by atoms with van der Waals surface area (Å²) in [6.45, 7) is 0. The minimum atomic E-state index is -4.46. The predicted molar refractivity (Wildman–Crippen MR) is 96.2 cm³/mol. The maximum absolute atomic E-state index is 15.3. The van der Waals surface area contributed by atoms with Crippen LogP contribution in [0.4, 0.5) is 8.78 Å². The van der Waals surface area contributed by atoms with E-state index >= 15 is 8.78 Å². The quantitative estimate of drug-likeness (QED) is 0.468. The second-order valence-electron chi connectivity index (χ2n) is 6.18. The molecule has 4 aliphatic rings. The summed E-state index contributed by atoms with van der Waals surface area (Å²) in [5.74, 6) is 0. The molecule has 0 saturated carbocycles. The molecule has 2 aliphatic carbocycles. The van der Waals surface area contributed by atoms with Gasteiger partial charge in [-0.15, -0.1) is 0 Å². The molecule has 2 nitrogen and oxygen atoms in total. The first kappa shape index (κ1) is 18.2. The minimum absolute atomic E-state index is 0.159. The van der Waals surface area contributed by atoms with Crippen LogP contribution < -0.4 is 0 Å². The molecule has 0 aromatic rings. The number of rotatable bonds is 6. The first-order valence-corrected chi connectivity index (χ1v) is 14.4. The van der Waals surface area contributed by atoms with Gasteiger partial charge < -0.3 is 0 Å². The van der Waals surface area contributed by atoms with Crippen molar-refractivity contribution < 1.29 is 35.6 Å². The molecule has 2 atom stereocenters. The van der Waals surface area contributed by atoms with Gasteiger partial charge >= 0.3 is 161 Å². The van der Waals surface area contributed by atoms with E-state index in [4.69, 9.17) is 5.63 Å². The van der Waals surface area contributed by atoms with E-state index in [0.717, 1.165) is 30.1 Å². The normalized spacial score (nSPS) is 33.5. The third kappa shape index (κ3) is 3.63. The zero-order valence-corrected chi connectivity index (χ0v) is 17.6. The Morgan fingerprint density at radius 1 is 0.800 bits per heavy atom. The number of hydrogen-bond donors (Lipinski definition) is 0. The van der Waals surface area contributed by atoms with Gasteiger partial charge in [0.1, 0.15) is 0 Å². The van der Waals surface area contributed by atoms with Crippen LogP contribution in [0, 0.1) is 0 Å². The van der Waals surface area contributed by atoms with Crippen molar-refractivity contribution in [2.75, 3.05) is 0 Å². The van der Waals surface area contributed by atoms with Gasteiger partial charge in [0.25, 0.3) is 0 Å². The third-order valence-electron chi connectivity index (χ3n) is 4.38. The molecule has 4 rings (SSSR count). The fourth-order valence-corrected chi connectivity index (χ4v) is 15.0. The van der Waals surface area contributed by atoms with Crippen molar-refractivity contribution in [1.82, 2.24) is 0 Å². The van der Waals surface area contributed by atoms with E-state index in [9.17, 15) is 0 Å². The maximum atomic E-state index is 15.3. The molecule has 132 valence electrons. The fourth-order valence-electron chi connectivity index (χ4n) is 3.21. The summed E-state index contributed by atoms with van der Waals surface area (Å²) in [5, 5.41) is -0.349.